The molecule has 0 aromatic heterocycles. The third-order valence-corrected chi connectivity index (χ3v) is 3.44. The molecule has 0 aliphatic heterocycles. The fourth-order valence-electron chi connectivity index (χ4n) is 2.43. The van der Waals surface area contributed by atoms with E-state index in [2.05, 4.69) is 26.1 Å². The third kappa shape index (κ3) is 5.18. The normalized spacial score (nSPS) is 12.7. The van der Waals surface area contributed by atoms with Crippen LogP contribution in [0.5, 0.6) is 0 Å². The predicted octanol–water partition coefficient (Wildman–Crippen LogP) is 4.24. The first kappa shape index (κ1) is 15.2. The maximum absolute atomic E-state index is 13.2. The van der Waals surface area contributed by atoms with Crippen LogP contribution >= 0.6 is 0 Å². The van der Waals surface area contributed by atoms with E-state index in [0.29, 0.717) is 6.04 Å². The van der Waals surface area contributed by atoms with Gasteiger partial charge in [-0.25, -0.2) is 4.39 Å². The van der Waals surface area contributed by atoms with Gasteiger partial charge in [0.2, 0.25) is 0 Å². The lowest BCUT2D eigenvalue weighted by Gasteiger charge is -2.17. The molecule has 0 bridgehead atoms. The molecule has 102 valence electrons. The molecule has 1 rings (SSSR count). The highest BCUT2D eigenvalue weighted by Crippen LogP contribution is 2.15. The maximum atomic E-state index is 13.2. The van der Waals surface area contributed by atoms with Crippen LogP contribution in [-0.2, 0) is 6.42 Å². The summed E-state index contributed by atoms with van der Waals surface area (Å²) in [5.41, 5.74) is 2.36. The van der Waals surface area contributed by atoms with E-state index in [1.807, 2.05) is 6.07 Å². The standard InChI is InChI=1S/C16H26FN/c1-4-7-16(18-5-2)9-6-8-14-12-15(17)11-10-13(14)3/h10-12,16,18H,4-9H2,1-3H3. The summed E-state index contributed by atoms with van der Waals surface area (Å²) in [6.07, 6.45) is 5.74. The lowest BCUT2D eigenvalue weighted by Crippen LogP contribution is -2.28. The Hall–Kier alpha value is -0.890. The molecule has 0 heterocycles. The smallest absolute Gasteiger partial charge is 0.123 e. The van der Waals surface area contributed by atoms with E-state index in [0.717, 1.165) is 24.9 Å². The number of rotatable bonds is 8. The fraction of sp³-hybridized carbons (Fsp3) is 0.625. The largest absolute Gasteiger partial charge is 0.314 e. The first-order valence-corrected chi connectivity index (χ1v) is 7.15. The number of halogens is 1. The molecule has 0 fully saturated rings. The van der Waals surface area contributed by atoms with E-state index in [1.165, 1.54) is 30.9 Å². The Bertz CT molecular complexity index is 343. The summed E-state index contributed by atoms with van der Waals surface area (Å²) in [6.45, 7) is 7.46. The summed E-state index contributed by atoms with van der Waals surface area (Å²) < 4.78 is 13.2. The minimum Gasteiger partial charge on any atom is -0.314 e. The van der Waals surface area contributed by atoms with E-state index in [-0.39, 0.29) is 5.82 Å². The molecule has 1 unspecified atom stereocenters. The Kier molecular flexibility index (Phi) is 6.96. The van der Waals surface area contributed by atoms with Crippen LogP contribution in [0.2, 0.25) is 0 Å². The van der Waals surface area contributed by atoms with E-state index in [1.54, 1.807) is 6.07 Å². The number of nitrogens with one attached hydrogen (secondary N) is 1. The van der Waals surface area contributed by atoms with Crippen LogP contribution in [0.3, 0.4) is 0 Å². The zero-order valence-corrected chi connectivity index (χ0v) is 11.9. The van der Waals surface area contributed by atoms with Gasteiger partial charge in [0.1, 0.15) is 5.82 Å². The SMILES string of the molecule is CCCC(CCCc1cc(F)ccc1C)NCC. The van der Waals surface area contributed by atoms with Crippen molar-refractivity contribution in [1.29, 1.82) is 0 Å². The van der Waals surface area contributed by atoms with Gasteiger partial charge in [-0.05, 0) is 62.4 Å². The van der Waals surface area contributed by atoms with Crippen LogP contribution in [0, 0.1) is 12.7 Å². The molecule has 1 atom stereocenters. The van der Waals surface area contributed by atoms with Crippen molar-refractivity contribution in [2.75, 3.05) is 6.54 Å². The van der Waals surface area contributed by atoms with E-state index >= 15 is 0 Å². The van der Waals surface area contributed by atoms with Crippen molar-refractivity contribution in [3.8, 4) is 0 Å². The first-order valence-electron chi connectivity index (χ1n) is 7.15. The van der Waals surface area contributed by atoms with E-state index < -0.39 is 0 Å². The van der Waals surface area contributed by atoms with Gasteiger partial charge in [-0.2, -0.15) is 0 Å². The van der Waals surface area contributed by atoms with Gasteiger partial charge in [-0.3, -0.25) is 0 Å². The summed E-state index contributed by atoms with van der Waals surface area (Å²) in [5, 5.41) is 3.52. The zero-order valence-electron chi connectivity index (χ0n) is 11.9. The molecule has 0 saturated heterocycles. The topological polar surface area (TPSA) is 12.0 Å². The summed E-state index contributed by atoms with van der Waals surface area (Å²) in [4.78, 5) is 0. The Morgan fingerprint density at radius 3 is 2.67 bits per heavy atom. The van der Waals surface area contributed by atoms with Crippen molar-refractivity contribution in [1.82, 2.24) is 5.32 Å². The first-order chi connectivity index (χ1) is 8.67. The minimum absolute atomic E-state index is 0.118. The third-order valence-electron chi connectivity index (χ3n) is 3.44. The minimum atomic E-state index is -0.118. The Morgan fingerprint density at radius 2 is 2.00 bits per heavy atom. The van der Waals surface area contributed by atoms with Crippen LogP contribution in [0.1, 0.15) is 50.7 Å². The maximum Gasteiger partial charge on any atom is 0.123 e. The van der Waals surface area contributed by atoms with Crippen LogP contribution in [0.25, 0.3) is 0 Å². The molecule has 0 aliphatic carbocycles. The molecule has 18 heavy (non-hydrogen) atoms. The Morgan fingerprint density at radius 1 is 1.22 bits per heavy atom. The van der Waals surface area contributed by atoms with Crippen molar-refractivity contribution in [3.63, 3.8) is 0 Å². The lowest BCUT2D eigenvalue weighted by atomic mass is 9.99. The average Bonchev–Trinajstić information content (AvgIpc) is 2.34. The van der Waals surface area contributed by atoms with Crippen LogP contribution < -0.4 is 5.32 Å². The number of hydrogen-bond donors (Lipinski definition) is 1. The lowest BCUT2D eigenvalue weighted by molar-refractivity contribution is 0.447. The fourth-order valence-corrected chi connectivity index (χ4v) is 2.43. The molecule has 0 radical (unpaired) electrons. The second-order valence-electron chi connectivity index (χ2n) is 5.01. The van der Waals surface area contributed by atoms with Gasteiger partial charge in [-0.15, -0.1) is 0 Å². The highest BCUT2D eigenvalue weighted by Gasteiger charge is 2.07. The van der Waals surface area contributed by atoms with Gasteiger partial charge in [-0.1, -0.05) is 26.3 Å². The van der Waals surface area contributed by atoms with Crippen molar-refractivity contribution in [3.05, 3.63) is 35.1 Å². The summed E-state index contributed by atoms with van der Waals surface area (Å²) in [7, 11) is 0. The van der Waals surface area contributed by atoms with Gasteiger partial charge >= 0.3 is 0 Å². The average molecular weight is 251 g/mol. The second-order valence-corrected chi connectivity index (χ2v) is 5.01. The Balaban J connectivity index is 2.41. The van der Waals surface area contributed by atoms with Gasteiger partial charge in [0.15, 0.2) is 0 Å². The number of benzene rings is 1. The molecule has 0 amide bonds. The summed E-state index contributed by atoms with van der Waals surface area (Å²) >= 11 is 0. The number of hydrogen-bond acceptors (Lipinski definition) is 1. The molecule has 0 spiro atoms. The van der Waals surface area contributed by atoms with Crippen LogP contribution in [0.4, 0.5) is 4.39 Å². The predicted molar refractivity (Wildman–Crippen MR) is 76.4 cm³/mol. The number of aryl methyl sites for hydroxylation is 2. The second kappa shape index (κ2) is 8.25. The molecule has 1 aromatic carbocycles. The highest BCUT2D eigenvalue weighted by molar-refractivity contribution is 5.26. The van der Waals surface area contributed by atoms with Crippen LogP contribution in [0.15, 0.2) is 18.2 Å². The summed E-state index contributed by atoms with van der Waals surface area (Å²) in [5.74, 6) is -0.118. The van der Waals surface area contributed by atoms with Gasteiger partial charge in [0, 0.05) is 6.04 Å². The molecule has 2 heteroatoms. The monoisotopic (exact) mass is 251 g/mol. The molecule has 1 nitrogen and oxygen atoms in total. The molecule has 0 saturated carbocycles. The van der Waals surface area contributed by atoms with Crippen molar-refractivity contribution in [2.45, 2.75) is 58.9 Å². The summed E-state index contributed by atoms with van der Waals surface area (Å²) in [6, 6.07) is 5.71. The van der Waals surface area contributed by atoms with E-state index in [4.69, 9.17) is 0 Å². The molecule has 1 N–H and O–H groups in total. The van der Waals surface area contributed by atoms with Crippen molar-refractivity contribution in [2.24, 2.45) is 0 Å². The Labute approximate surface area is 111 Å². The van der Waals surface area contributed by atoms with Gasteiger partial charge < -0.3 is 5.32 Å². The molecular weight excluding hydrogens is 225 g/mol. The quantitative estimate of drug-likeness (QED) is 0.729. The van der Waals surface area contributed by atoms with Gasteiger partial charge in [0.25, 0.3) is 0 Å². The molecule has 1 aromatic rings. The van der Waals surface area contributed by atoms with Gasteiger partial charge in [0.05, 0.1) is 0 Å². The highest BCUT2D eigenvalue weighted by atomic mass is 19.1. The van der Waals surface area contributed by atoms with Crippen LogP contribution in [-0.4, -0.2) is 12.6 Å². The zero-order chi connectivity index (χ0) is 13.4. The van der Waals surface area contributed by atoms with Crippen molar-refractivity contribution < 1.29 is 4.39 Å². The molecular formula is C16H26FN. The molecule has 0 aliphatic rings. The van der Waals surface area contributed by atoms with Crippen molar-refractivity contribution >= 4 is 0 Å². The van der Waals surface area contributed by atoms with E-state index in [9.17, 15) is 4.39 Å².